The molecular weight excluding hydrogens is 148 g/mol. The second-order valence-electron chi connectivity index (χ2n) is 4.35. The highest BCUT2D eigenvalue weighted by Crippen LogP contribution is 2.35. The number of hydrogen-bond donors (Lipinski definition) is 0. The Balaban J connectivity index is 2.89. The lowest BCUT2D eigenvalue weighted by Gasteiger charge is -2.24. The van der Waals surface area contributed by atoms with Crippen molar-refractivity contribution in [3.63, 3.8) is 0 Å². The summed E-state index contributed by atoms with van der Waals surface area (Å²) in [6.45, 7) is 8.07. The first-order valence-corrected chi connectivity index (χ1v) is 4.32. The Morgan fingerprint density at radius 1 is 1.42 bits per heavy atom. The van der Waals surface area contributed by atoms with E-state index in [0.29, 0.717) is 0 Å². The molecule has 0 aromatic rings. The van der Waals surface area contributed by atoms with Gasteiger partial charge in [0, 0.05) is 0 Å². The summed E-state index contributed by atoms with van der Waals surface area (Å²) in [6.07, 6.45) is 6.02. The first-order chi connectivity index (χ1) is 5.43. The molecule has 0 aliphatic heterocycles. The summed E-state index contributed by atoms with van der Waals surface area (Å²) in [4.78, 5) is 11.2. The summed E-state index contributed by atoms with van der Waals surface area (Å²) in [7, 11) is 0. The Kier molecular flexibility index (Phi) is 2.22. The summed E-state index contributed by atoms with van der Waals surface area (Å²) in [5.41, 5.74) is 1.34. The number of ketones is 1. The highest BCUT2D eigenvalue weighted by Gasteiger charge is 2.28. The molecule has 1 atom stereocenters. The molecule has 66 valence electrons. The van der Waals surface area contributed by atoms with Gasteiger partial charge in [0.2, 0.25) is 0 Å². The molecule has 12 heavy (non-hydrogen) atoms. The van der Waals surface area contributed by atoms with Crippen molar-refractivity contribution < 1.29 is 4.79 Å². The predicted molar refractivity (Wildman–Crippen MR) is 50.8 cm³/mol. The monoisotopic (exact) mass is 164 g/mol. The Hall–Kier alpha value is -0.850. The van der Waals surface area contributed by atoms with E-state index in [4.69, 9.17) is 0 Å². The average Bonchev–Trinajstić information content (AvgIpc) is 2.30. The SMILES string of the molecule is CC(=O)C1C=CC=C1C(C)(C)C. The fourth-order valence-electron chi connectivity index (χ4n) is 1.55. The molecule has 0 fully saturated rings. The summed E-state index contributed by atoms with van der Waals surface area (Å²) in [5.74, 6) is 0.273. The zero-order chi connectivity index (χ0) is 9.35. The zero-order valence-electron chi connectivity index (χ0n) is 8.22. The van der Waals surface area contributed by atoms with E-state index >= 15 is 0 Å². The maximum Gasteiger partial charge on any atom is 0.140 e. The van der Waals surface area contributed by atoms with Crippen molar-refractivity contribution in [2.45, 2.75) is 27.7 Å². The van der Waals surface area contributed by atoms with Gasteiger partial charge >= 0.3 is 0 Å². The molecule has 1 nitrogen and oxygen atoms in total. The van der Waals surface area contributed by atoms with Crippen molar-refractivity contribution in [1.29, 1.82) is 0 Å². The van der Waals surface area contributed by atoms with Crippen LogP contribution in [-0.2, 0) is 4.79 Å². The van der Waals surface area contributed by atoms with Crippen LogP contribution in [0.3, 0.4) is 0 Å². The lowest BCUT2D eigenvalue weighted by atomic mass is 9.79. The van der Waals surface area contributed by atoms with Crippen molar-refractivity contribution in [2.24, 2.45) is 11.3 Å². The average molecular weight is 164 g/mol. The molecule has 1 rings (SSSR count). The summed E-state index contributed by atoms with van der Waals surface area (Å²) in [5, 5.41) is 0. The van der Waals surface area contributed by atoms with Gasteiger partial charge < -0.3 is 0 Å². The van der Waals surface area contributed by atoms with E-state index < -0.39 is 0 Å². The minimum atomic E-state index is 0.0324. The highest BCUT2D eigenvalue weighted by atomic mass is 16.1. The number of rotatable bonds is 1. The van der Waals surface area contributed by atoms with Crippen LogP contribution in [0.25, 0.3) is 0 Å². The number of hydrogen-bond acceptors (Lipinski definition) is 1. The Morgan fingerprint density at radius 3 is 2.33 bits per heavy atom. The van der Waals surface area contributed by atoms with Crippen LogP contribution >= 0.6 is 0 Å². The first-order valence-electron chi connectivity index (χ1n) is 4.32. The molecule has 1 aliphatic rings. The predicted octanol–water partition coefficient (Wildman–Crippen LogP) is 2.73. The third-order valence-electron chi connectivity index (χ3n) is 2.22. The molecule has 0 saturated heterocycles. The second-order valence-corrected chi connectivity index (χ2v) is 4.35. The first kappa shape index (κ1) is 9.24. The highest BCUT2D eigenvalue weighted by molar-refractivity contribution is 5.84. The van der Waals surface area contributed by atoms with Gasteiger partial charge in [0.05, 0.1) is 5.92 Å². The van der Waals surface area contributed by atoms with E-state index in [1.54, 1.807) is 6.92 Å². The van der Waals surface area contributed by atoms with Gasteiger partial charge in [-0.15, -0.1) is 0 Å². The summed E-state index contributed by atoms with van der Waals surface area (Å²) < 4.78 is 0. The number of Topliss-reactive ketones (excluding diaryl/α,β-unsaturated/α-hetero) is 1. The Morgan fingerprint density at radius 2 is 2.00 bits per heavy atom. The topological polar surface area (TPSA) is 17.1 Å². The smallest absolute Gasteiger partial charge is 0.140 e. The van der Waals surface area contributed by atoms with Crippen molar-refractivity contribution in [2.75, 3.05) is 0 Å². The van der Waals surface area contributed by atoms with Crippen molar-refractivity contribution in [3.05, 3.63) is 23.8 Å². The van der Waals surface area contributed by atoms with Crippen LogP contribution < -0.4 is 0 Å². The normalized spacial score (nSPS) is 22.7. The molecule has 0 aromatic heterocycles. The molecular formula is C11H16O. The zero-order valence-corrected chi connectivity index (χ0v) is 8.22. The lowest BCUT2D eigenvalue weighted by molar-refractivity contribution is -0.118. The second kappa shape index (κ2) is 2.89. The molecule has 0 heterocycles. The lowest BCUT2D eigenvalue weighted by Crippen LogP contribution is -2.19. The van der Waals surface area contributed by atoms with E-state index in [0.717, 1.165) is 0 Å². The van der Waals surface area contributed by atoms with Gasteiger partial charge in [0.1, 0.15) is 5.78 Å². The van der Waals surface area contributed by atoms with Gasteiger partial charge in [-0.3, -0.25) is 4.79 Å². The van der Waals surface area contributed by atoms with Crippen LogP contribution in [0.1, 0.15) is 27.7 Å². The van der Waals surface area contributed by atoms with Crippen molar-refractivity contribution in [1.82, 2.24) is 0 Å². The fourth-order valence-corrected chi connectivity index (χ4v) is 1.55. The van der Waals surface area contributed by atoms with Gasteiger partial charge in [-0.05, 0) is 12.3 Å². The quantitative estimate of drug-likeness (QED) is 0.582. The minimum absolute atomic E-state index is 0.0324. The maximum absolute atomic E-state index is 11.2. The third kappa shape index (κ3) is 1.66. The standard InChI is InChI=1S/C11H16O/c1-8(12)9-6-5-7-10(9)11(2,3)4/h5-7,9H,1-4H3. The van der Waals surface area contributed by atoms with Crippen LogP contribution in [-0.4, -0.2) is 5.78 Å². The van der Waals surface area contributed by atoms with Crippen molar-refractivity contribution >= 4 is 5.78 Å². The largest absolute Gasteiger partial charge is 0.299 e. The van der Waals surface area contributed by atoms with E-state index in [2.05, 4.69) is 26.8 Å². The molecule has 1 unspecified atom stereocenters. The minimum Gasteiger partial charge on any atom is -0.299 e. The third-order valence-corrected chi connectivity index (χ3v) is 2.22. The molecule has 0 amide bonds. The molecule has 0 saturated carbocycles. The van der Waals surface area contributed by atoms with Gasteiger partial charge in [-0.2, -0.15) is 0 Å². The Bertz CT molecular complexity index is 251. The maximum atomic E-state index is 11.2. The molecule has 0 N–H and O–H groups in total. The van der Waals surface area contributed by atoms with Crippen LogP contribution in [0.5, 0.6) is 0 Å². The molecule has 0 aromatic carbocycles. The van der Waals surface area contributed by atoms with E-state index in [1.165, 1.54) is 5.57 Å². The van der Waals surface area contributed by atoms with Gasteiger partial charge in [0.15, 0.2) is 0 Å². The van der Waals surface area contributed by atoms with E-state index in [9.17, 15) is 4.79 Å². The van der Waals surface area contributed by atoms with Crippen LogP contribution in [0, 0.1) is 11.3 Å². The van der Waals surface area contributed by atoms with E-state index in [-0.39, 0.29) is 17.1 Å². The van der Waals surface area contributed by atoms with Crippen molar-refractivity contribution in [3.8, 4) is 0 Å². The van der Waals surface area contributed by atoms with Gasteiger partial charge in [0.25, 0.3) is 0 Å². The molecule has 0 radical (unpaired) electrons. The van der Waals surface area contributed by atoms with Crippen LogP contribution in [0.2, 0.25) is 0 Å². The summed E-state index contributed by atoms with van der Waals surface area (Å²) >= 11 is 0. The van der Waals surface area contributed by atoms with Gasteiger partial charge in [-0.1, -0.05) is 44.6 Å². The number of allylic oxidation sites excluding steroid dienone is 4. The van der Waals surface area contributed by atoms with E-state index in [1.807, 2.05) is 12.2 Å². The fraction of sp³-hybridized carbons (Fsp3) is 0.545. The molecule has 1 heteroatoms. The van der Waals surface area contributed by atoms with Crippen LogP contribution in [0.4, 0.5) is 0 Å². The molecule has 0 bridgehead atoms. The summed E-state index contributed by atoms with van der Waals surface area (Å²) in [6, 6.07) is 0. The number of carbonyl (C=O) groups is 1. The van der Waals surface area contributed by atoms with Gasteiger partial charge in [-0.25, -0.2) is 0 Å². The molecule has 0 spiro atoms. The molecule has 1 aliphatic carbocycles. The number of carbonyl (C=O) groups excluding carboxylic acids is 1. The Labute approximate surface area is 74.2 Å². The van der Waals surface area contributed by atoms with Crippen LogP contribution in [0.15, 0.2) is 23.8 Å².